The van der Waals surface area contributed by atoms with Crippen LogP contribution in [0.2, 0.25) is 0 Å². The van der Waals surface area contributed by atoms with Crippen LogP contribution in [0.3, 0.4) is 0 Å². The summed E-state index contributed by atoms with van der Waals surface area (Å²) in [6.45, 7) is 4.35. The zero-order chi connectivity index (χ0) is 15.8. The second-order valence-electron chi connectivity index (χ2n) is 6.32. The summed E-state index contributed by atoms with van der Waals surface area (Å²) >= 11 is 0. The molecule has 1 fully saturated rings. The van der Waals surface area contributed by atoms with Crippen molar-refractivity contribution < 1.29 is 8.42 Å². The highest BCUT2D eigenvalue weighted by Gasteiger charge is 2.43. The Morgan fingerprint density at radius 1 is 1.48 bits per heavy atom. The molecule has 1 aliphatic rings. The molecule has 0 unspecified atom stereocenters. The van der Waals surface area contributed by atoms with Crippen molar-refractivity contribution in [1.82, 2.24) is 13.9 Å². The fraction of sp³-hybridized carbons (Fsp3) is 0.786. The van der Waals surface area contributed by atoms with Crippen molar-refractivity contribution in [2.24, 2.45) is 18.7 Å². The number of nitrogens with two attached hydrogens (primary N) is 1. The smallest absolute Gasteiger partial charge is 0.262 e. The maximum atomic E-state index is 12.8. The molecule has 0 atom stereocenters. The van der Waals surface area contributed by atoms with E-state index in [4.69, 9.17) is 5.73 Å². The highest BCUT2D eigenvalue weighted by Crippen LogP contribution is 2.37. The minimum absolute atomic E-state index is 0.108. The van der Waals surface area contributed by atoms with E-state index < -0.39 is 15.6 Å². The Bertz CT molecular complexity index is 581. The lowest BCUT2D eigenvalue weighted by atomic mass is 9.77. The van der Waals surface area contributed by atoms with Gasteiger partial charge in [-0.25, -0.2) is 13.4 Å². The average Bonchev–Trinajstić information content (AvgIpc) is 2.80. The summed E-state index contributed by atoms with van der Waals surface area (Å²) in [6.07, 6.45) is 5.21. The summed E-state index contributed by atoms with van der Waals surface area (Å²) in [4.78, 5) is 4.17. The summed E-state index contributed by atoms with van der Waals surface area (Å²) in [7, 11) is -0.172. The molecule has 0 aliphatic heterocycles. The number of rotatable bonds is 4. The first-order valence-electron chi connectivity index (χ1n) is 7.42. The lowest BCUT2D eigenvalue weighted by molar-refractivity contribution is 0.135. The van der Waals surface area contributed by atoms with Crippen molar-refractivity contribution in [3.63, 3.8) is 0 Å². The van der Waals surface area contributed by atoms with Crippen LogP contribution in [0, 0.1) is 12.8 Å². The largest absolute Gasteiger partial charge is 0.337 e. The van der Waals surface area contributed by atoms with E-state index in [1.165, 1.54) is 4.31 Å². The molecule has 6 nitrogen and oxygen atoms in total. The van der Waals surface area contributed by atoms with Crippen molar-refractivity contribution >= 4 is 10.0 Å². The van der Waals surface area contributed by atoms with Gasteiger partial charge in [-0.15, -0.1) is 0 Å². The first kappa shape index (κ1) is 16.5. The molecule has 2 N–H and O–H groups in total. The topological polar surface area (TPSA) is 81.2 Å². The second kappa shape index (κ2) is 5.70. The molecule has 0 bridgehead atoms. The van der Waals surface area contributed by atoms with Gasteiger partial charge in [0.1, 0.15) is 5.82 Å². The van der Waals surface area contributed by atoms with Crippen LogP contribution in [0.5, 0.6) is 0 Å². The molecule has 2 rings (SSSR count). The highest BCUT2D eigenvalue weighted by atomic mass is 32.2. The van der Waals surface area contributed by atoms with Crippen LogP contribution in [-0.2, 0) is 17.1 Å². The number of likely N-dealkylation sites (N-methyl/N-ethyl adjacent to an activating group) is 1. The molecule has 120 valence electrons. The number of aromatic nitrogens is 2. The number of nitrogens with zero attached hydrogens (tertiary/aromatic N) is 3. The number of hydrogen-bond donors (Lipinski definition) is 1. The van der Waals surface area contributed by atoms with Crippen LogP contribution in [0.1, 0.15) is 38.4 Å². The Hall–Kier alpha value is -0.920. The molecule has 1 saturated carbocycles. The fourth-order valence-electron chi connectivity index (χ4n) is 2.99. The number of aryl methyl sites for hydroxylation is 2. The SMILES string of the molecule is Cc1nc(S(=O)(=O)N(C)C2(CN)CCC(C)CC2)cn1C. The van der Waals surface area contributed by atoms with E-state index in [2.05, 4.69) is 11.9 Å². The minimum Gasteiger partial charge on any atom is -0.337 e. The van der Waals surface area contributed by atoms with Gasteiger partial charge in [0, 0.05) is 32.4 Å². The molecule has 0 aromatic carbocycles. The maximum absolute atomic E-state index is 12.8. The molecule has 0 saturated heterocycles. The Morgan fingerprint density at radius 3 is 2.48 bits per heavy atom. The molecule has 1 heterocycles. The molecule has 0 amide bonds. The standard InChI is InChI=1S/C14H26N4O2S/c1-11-5-7-14(10-15,8-6-11)18(4)21(19,20)13-9-17(3)12(2)16-13/h9,11H,5-8,10,15H2,1-4H3. The monoisotopic (exact) mass is 314 g/mol. The van der Waals surface area contributed by atoms with Crippen LogP contribution in [0.15, 0.2) is 11.2 Å². The van der Waals surface area contributed by atoms with Crippen LogP contribution >= 0.6 is 0 Å². The van der Waals surface area contributed by atoms with Gasteiger partial charge >= 0.3 is 0 Å². The Morgan fingerprint density at radius 2 is 2.05 bits per heavy atom. The third-order valence-corrected chi connectivity index (χ3v) is 6.80. The summed E-state index contributed by atoms with van der Waals surface area (Å²) in [6, 6.07) is 0. The zero-order valence-corrected chi connectivity index (χ0v) is 14.2. The van der Waals surface area contributed by atoms with Gasteiger partial charge in [-0.1, -0.05) is 6.92 Å². The molecule has 7 heteroatoms. The number of sulfonamides is 1. The normalized spacial score (nSPS) is 27.2. The Kier molecular flexibility index (Phi) is 4.46. The molecular weight excluding hydrogens is 288 g/mol. The number of hydrogen-bond acceptors (Lipinski definition) is 4. The van der Waals surface area contributed by atoms with E-state index in [9.17, 15) is 8.42 Å². The molecule has 1 aromatic rings. The summed E-state index contributed by atoms with van der Waals surface area (Å²) in [5.74, 6) is 1.32. The maximum Gasteiger partial charge on any atom is 0.262 e. The van der Waals surface area contributed by atoms with Gasteiger partial charge < -0.3 is 10.3 Å². The fourth-order valence-corrected chi connectivity index (χ4v) is 4.58. The van der Waals surface area contributed by atoms with Crippen LogP contribution in [0.4, 0.5) is 0 Å². The van der Waals surface area contributed by atoms with E-state index >= 15 is 0 Å². The first-order valence-corrected chi connectivity index (χ1v) is 8.86. The van der Waals surface area contributed by atoms with Crippen molar-refractivity contribution in [1.29, 1.82) is 0 Å². The molecule has 0 radical (unpaired) electrons. The van der Waals surface area contributed by atoms with Crippen LogP contribution in [0.25, 0.3) is 0 Å². The van der Waals surface area contributed by atoms with Gasteiger partial charge in [-0.2, -0.15) is 4.31 Å². The molecule has 1 aliphatic carbocycles. The van der Waals surface area contributed by atoms with Crippen molar-refractivity contribution in [3.8, 4) is 0 Å². The van der Waals surface area contributed by atoms with Crippen molar-refractivity contribution in [2.75, 3.05) is 13.6 Å². The van der Waals surface area contributed by atoms with Gasteiger partial charge in [0.15, 0.2) is 5.03 Å². The Balaban J connectivity index is 2.34. The highest BCUT2D eigenvalue weighted by molar-refractivity contribution is 7.89. The summed E-state index contributed by atoms with van der Waals surface area (Å²) in [5.41, 5.74) is 5.49. The zero-order valence-electron chi connectivity index (χ0n) is 13.3. The third-order valence-electron chi connectivity index (χ3n) is 4.96. The van der Waals surface area contributed by atoms with E-state index in [-0.39, 0.29) is 5.03 Å². The predicted octanol–water partition coefficient (Wildman–Crippen LogP) is 1.26. The van der Waals surface area contributed by atoms with Gasteiger partial charge in [0.05, 0.1) is 0 Å². The van der Waals surface area contributed by atoms with Gasteiger partial charge in [-0.05, 0) is 38.5 Å². The average molecular weight is 314 g/mol. The quantitative estimate of drug-likeness (QED) is 0.907. The van der Waals surface area contributed by atoms with Crippen molar-refractivity contribution in [3.05, 3.63) is 12.0 Å². The lowest BCUT2D eigenvalue weighted by Gasteiger charge is -2.44. The van der Waals surface area contributed by atoms with E-state index in [1.54, 1.807) is 31.8 Å². The summed E-state index contributed by atoms with van der Waals surface area (Å²) in [5, 5.41) is 0.108. The Labute approximate surface area is 127 Å². The lowest BCUT2D eigenvalue weighted by Crippen LogP contribution is -2.56. The van der Waals surface area contributed by atoms with E-state index in [0.29, 0.717) is 18.3 Å². The van der Waals surface area contributed by atoms with E-state index in [0.717, 1.165) is 25.7 Å². The van der Waals surface area contributed by atoms with Crippen LogP contribution in [-0.4, -0.2) is 41.4 Å². The molecular formula is C14H26N4O2S. The summed E-state index contributed by atoms with van der Waals surface area (Å²) < 4.78 is 28.9. The van der Waals surface area contributed by atoms with E-state index in [1.807, 2.05) is 0 Å². The van der Waals surface area contributed by atoms with Crippen molar-refractivity contribution in [2.45, 2.75) is 50.1 Å². The number of imidazole rings is 1. The molecule has 21 heavy (non-hydrogen) atoms. The third kappa shape index (κ3) is 2.86. The van der Waals surface area contributed by atoms with Gasteiger partial charge in [-0.3, -0.25) is 0 Å². The second-order valence-corrected chi connectivity index (χ2v) is 8.24. The molecule has 1 aromatic heterocycles. The molecule has 0 spiro atoms. The van der Waals surface area contributed by atoms with Gasteiger partial charge in [0.2, 0.25) is 0 Å². The predicted molar refractivity (Wildman–Crippen MR) is 82.3 cm³/mol. The van der Waals surface area contributed by atoms with Gasteiger partial charge in [0.25, 0.3) is 10.0 Å². The minimum atomic E-state index is -3.61. The van der Waals surface area contributed by atoms with Crippen LogP contribution < -0.4 is 5.73 Å². The first-order chi connectivity index (χ1) is 9.73.